The number of unbranched alkanes of at least 4 members (excludes halogenated alkanes) is 22. The largest absolute Gasteiger partial charge is 0.0882 e. The molecule has 31 heavy (non-hydrogen) atoms. The van der Waals surface area contributed by atoms with Crippen molar-refractivity contribution in [2.24, 2.45) is 0 Å². The Labute approximate surface area is 198 Å². The van der Waals surface area contributed by atoms with E-state index >= 15 is 0 Å². The zero-order chi connectivity index (χ0) is 22.5. The van der Waals surface area contributed by atoms with Crippen molar-refractivity contribution in [3.63, 3.8) is 0 Å². The molecule has 0 N–H and O–H groups in total. The van der Waals surface area contributed by atoms with Crippen molar-refractivity contribution in [2.75, 3.05) is 0 Å². The third-order valence-electron chi connectivity index (χ3n) is 6.55. The fourth-order valence-corrected chi connectivity index (χ4v) is 4.36. The van der Waals surface area contributed by atoms with Crippen LogP contribution in [0.1, 0.15) is 174 Å². The molecule has 0 rings (SSSR count). The van der Waals surface area contributed by atoms with Gasteiger partial charge in [-0.2, -0.15) is 0 Å². The Kier molecular flexibility index (Phi) is 29.0. The van der Waals surface area contributed by atoms with E-state index in [1.807, 2.05) is 0 Å². The lowest BCUT2D eigenvalue weighted by atomic mass is 10.0. The third kappa shape index (κ3) is 29.5. The molecule has 184 valence electrons. The smallest absolute Gasteiger partial charge is 0.0169 e. The summed E-state index contributed by atoms with van der Waals surface area (Å²) in [6, 6.07) is 0. The van der Waals surface area contributed by atoms with Crippen LogP contribution < -0.4 is 0 Å². The van der Waals surface area contributed by atoms with E-state index in [9.17, 15) is 0 Å². The summed E-state index contributed by atoms with van der Waals surface area (Å²) in [7, 11) is 0. The van der Waals surface area contributed by atoms with Crippen LogP contribution in [0.25, 0.3) is 0 Å². The predicted octanol–water partition coefficient (Wildman–Crippen LogP) is 11.9. The van der Waals surface area contributed by atoms with Gasteiger partial charge in [-0.3, -0.25) is 0 Å². The van der Waals surface area contributed by atoms with Gasteiger partial charge in [-0.15, -0.1) is 0 Å². The lowest BCUT2D eigenvalue weighted by Crippen LogP contribution is -1.83. The van der Waals surface area contributed by atoms with Crippen LogP contribution in [0.2, 0.25) is 0 Å². The second kappa shape index (κ2) is 29.5. The van der Waals surface area contributed by atoms with Crippen LogP contribution in [0.3, 0.4) is 0 Å². The molecule has 0 unspecified atom stereocenters. The molecule has 0 nitrogen and oxygen atoms in total. The summed E-state index contributed by atoms with van der Waals surface area (Å²) >= 11 is 0. The number of allylic oxidation sites excluding steroid dienone is 4. The van der Waals surface area contributed by atoms with Crippen molar-refractivity contribution in [1.29, 1.82) is 0 Å². The minimum atomic E-state index is 1.13. The van der Waals surface area contributed by atoms with Crippen molar-refractivity contribution >= 4 is 0 Å². The standard InChI is InChI=1S/C31H60/c1-3-5-7-9-11-13-15-17-19-21-23-25-27-29-31-30-28-26-24-22-20-18-16-14-12-10-8-6-4-2/h17,19,23,25H,3-16,18,20-22,24,26-31H2,1-2H3/b19-17+,25-23+. The molecule has 0 aliphatic carbocycles. The normalized spacial score (nSPS) is 11.9. The first-order valence-electron chi connectivity index (χ1n) is 14.7. The molecule has 0 radical (unpaired) electrons. The molecule has 0 saturated heterocycles. The molecule has 0 heteroatoms. The first kappa shape index (κ1) is 30.5. The van der Waals surface area contributed by atoms with E-state index in [4.69, 9.17) is 0 Å². The average molecular weight is 433 g/mol. The van der Waals surface area contributed by atoms with E-state index in [1.54, 1.807) is 0 Å². The van der Waals surface area contributed by atoms with Crippen LogP contribution in [0, 0.1) is 0 Å². The van der Waals surface area contributed by atoms with Gasteiger partial charge in [-0.25, -0.2) is 0 Å². The first-order chi connectivity index (χ1) is 15.4. The Balaban J connectivity index is 3.12. The van der Waals surface area contributed by atoms with Gasteiger partial charge in [-0.1, -0.05) is 167 Å². The highest BCUT2D eigenvalue weighted by Crippen LogP contribution is 2.14. The zero-order valence-corrected chi connectivity index (χ0v) is 22.0. The molecule has 0 aromatic carbocycles. The molecular formula is C31H60. The Morgan fingerprint density at radius 3 is 0.839 bits per heavy atom. The molecule has 0 spiro atoms. The third-order valence-corrected chi connectivity index (χ3v) is 6.55. The Morgan fingerprint density at radius 2 is 0.548 bits per heavy atom. The van der Waals surface area contributed by atoms with Crippen LogP contribution in [-0.4, -0.2) is 0 Å². The van der Waals surface area contributed by atoms with Crippen LogP contribution in [-0.2, 0) is 0 Å². The van der Waals surface area contributed by atoms with Gasteiger partial charge in [0, 0.05) is 0 Å². The van der Waals surface area contributed by atoms with Crippen molar-refractivity contribution in [3.05, 3.63) is 24.3 Å². The molecule has 0 bridgehead atoms. The summed E-state index contributed by atoms with van der Waals surface area (Å²) in [4.78, 5) is 0. The van der Waals surface area contributed by atoms with Gasteiger partial charge in [0.1, 0.15) is 0 Å². The molecule has 0 saturated carbocycles. The maximum Gasteiger partial charge on any atom is -0.0169 e. The van der Waals surface area contributed by atoms with E-state index in [0.717, 1.165) is 6.42 Å². The molecule has 0 amide bonds. The number of hydrogen-bond donors (Lipinski definition) is 0. The van der Waals surface area contributed by atoms with E-state index in [1.165, 1.54) is 154 Å². The molecular weight excluding hydrogens is 372 g/mol. The predicted molar refractivity (Wildman–Crippen MR) is 145 cm³/mol. The molecule has 0 fully saturated rings. The van der Waals surface area contributed by atoms with Crippen LogP contribution >= 0.6 is 0 Å². The molecule has 0 aromatic heterocycles. The van der Waals surface area contributed by atoms with Crippen molar-refractivity contribution in [3.8, 4) is 0 Å². The average Bonchev–Trinajstić information content (AvgIpc) is 2.78. The Bertz CT molecular complexity index is 351. The molecule has 0 atom stereocenters. The highest BCUT2D eigenvalue weighted by atomic mass is 14.0. The minimum Gasteiger partial charge on any atom is -0.0882 e. The fourth-order valence-electron chi connectivity index (χ4n) is 4.36. The van der Waals surface area contributed by atoms with E-state index in [0.29, 0.717) is 0 Å². The SMILES string of the molecule is CCCCCCCC/C=C/C/C=C/CCCCCCCCCCCCCCCCCC. The topological polar surface area (TPSA) is 0 Å². The van der Waals surface area contributed by atoms with Gasteiger partial charge in [-0.05, 0) is 32.1 Å². The lowest BCUT2D eigenvalue weighted by Gasteiger charge is -2.03. The van der Waals surface area contributed by atoms with Gasteiger partial charge in [0.2, 0.25) is 0 Å². The molecule has 0 aliphatic rings. The van der Waals surface area contributed by atoms with Gasteiger partial charge in [0.05, 0.1) is 0 Å². The number of rotatable bonds is 26. The molecule has 0 aliphatic heterocycles. The summed E-state index contributed by atoms with van der Waals surface area (Å²) in [5, 5.41) is 0. The Morgan fingerprint density at radius 1 is 0.290 bits per heavy atom. The number of hydrogen-bond acceptors (Lipinski definition) is 0. The summed E-state index contributed by atoms with van der Waals surface area (Å²) in [5.74, 6) is 0. The van der Waals surface area contributed by atoms with E-state index in [2.05, 4.69) is 38.2 Å². The van der Waals surface area contributed by atoms with Gasteiger partial charge >= 0.3 is 0 Å². The van der Waals surface area contributed by atoms with Gasteiger partial charge in [0.15, 0.2) is 0 Å². The second-order valence-electron chi connectivity index (χ2n) is 9.83. The van der Waals surface area contributed by atoms with E-state index < -0.39 is 0 Å². The minimum absolute atomic E-state index is 1.13. The second-order valence-corrected chi connectivity index (χ2v) is 9.83. The summed E-state index contributed by atoms with van der Waals surface area (Å²) < 4.78 is 0. The van der Waals surface area contributed by atoms with E-state index in [-0.39, 0.29) is 0 Å². The zero-order valence-electron chi connectivity index (χ0n) is 22.0. The van der Waals surface area contributed by atoms with Crippen LogP contribution in [0.5, 0.6) is 0 Å². The van der Waals surface area contributed by atoms with Crippen molar-refractivity contribution in [1.82, 2.24) is 0 Å². The summed E-state index contributed by atoms with van der Waals surface area (Å²) in [6.45, 7) is 4.59. The maximum absolute atomic E-state index is 2.40. The fraction of sp³-hybridized carbons (Fsp3) is 0.871. The first-order valence-corrected chi connectivity index (χ1v) is 14.7. The Hall–Kier alpha value is -0.520. The lowest BCUT2D eigenvalue weighted by molar-refractivity contribution is 0.530. The monoisotopic (exact) mass is 432 g/mol. The molecule has 0 aromatic rings. The van der Waals surface area contributed by atoms with Gasteiger partial charge < -0.3 is 0 Å². The highest BCUT2D eigenvalue weighted by molar-refractivity contribution is 4.92. The summed E-state index contributed by atoms with van der Waals surface area (Å²) in [5.41, 5.74) is 0. The van der Waals surface area contributed by atoms with Crippen molar-refractivity contribution in [2.45, 2.75) is 174 Å². The maximum atomic E-state index is 2.40. The van der Waals surface area contributed by atoms with Gasteiger partial charge in [0.25, 0.3) is 0 Å². The highest BCUT2D eigenvalue weighted by Gasteiger charge is 1.94. The summed E-state index contributed by atoms with van der Waals surface area (Å²) in [6.07, 6.45) is 44.9. The van der Waals surface area contributed by atoms with Crippen LogP contribution in [0.15, 0.2) is 24.3 Å². The molecule has 0 heterocycles. The quantitative estimate of drug-likeness (QED) is 0.0941. The van der Waals surface area contributed by atoms with Crippen molar-refractivity contribution < 1.29 is 0 Å². The van der Waals surface area contributed by atoms with Crippen LogP contribution in [0.4, 0.5) is 0 Å².